The number of aliphatic hydroxyl groups is 1. The number of ether oxygens (including phenoxy) is 2. The predicted molar refractivity (Wildman–Crippen MR) is 107 cm³/mol. The highest BCUT2D eigenvalue weighted by molar-refractivity contribution is 8.03. The van der Waals surface area contributed by atoms with Crippen molar-refractivity contribution in [3.05, 3.63) is 10.7 Å². The third-order valence-electron chi connectivity index (χ3n) is 3.44. The van der Waals surface area contributed by atoms with E-state index in [4.69, 9.17) is 18.6 Å². The quantitative estimate of drug-likeness (QED) is 0.184. The SMILES string of the molecule is CCOC(=O)C1(CSCCCS(=O)(=O)O)OC(=O)C(O)=C1SCCCS(=O)(=O)O. The lowest BCUT2D eigenvalue weighted by Crippen LogP contribution is -2.45. The van der Waals surface area contributed by atoms with Crippen LogP contribution in [0.5, 0.6) is 0 Å². The lowest BCUT2D eigenvalue weighted by Gasteiger charge is -2.27. The van der Waals surface area contributed by atoms with Crippen molar-refractivity contribution in [2.24, 2.45) is 0 Å². The van der Waals surface area contributed by atoms with Gasteiger partial charge in [0.25, 0.3) is 25.8 Å². The maximum Gasteiger partial charge on any atom is 0.375 e. The third kappa shape index (κ3) is 8.33. The van der Waals surface area contributed by atoms with Gasteiger partial charge in [0, 0.05) is 5.75 Å². The second kappa shape index (κ2) is 10.9. The molecule has 0 saturated carbocycles. The van der Waals surface area contributed by atoms with Crippen LogP contribution in [0.15, 0.2) is 10.7 Å². The van der Waals surface area contributed by atoms with E-state index in [1.807, 2.05) is 0 Å². The van der Waals surface area contributed by atoms with Crippen LogP contribution < -0.4 is 0 Å². The summed E-state index contributed by atoms with van der Waals surface area (Å²) < 4.78 is 70.7. The Morgan fingerprint density at radius 3 is 2.17 bits per heavy atom. The molecular weight excluding hydrogens is 472 g/mol. The molecule has 1 aliphatic rings. The molecule has 0 aliphatic carbocycles. The van der Waals surface area contributed by atoms with E-state index in [2.05, 4.69) is 0 Å². The molecule has 11 nitrogen and oxygen atoms in total. The number of thioether (sulfide) groups is 2. The Morgan fingerprint density at radius 2 is 1.66 bits per heavy atom. The molecule has 0 spiro atoms. The van der Waals surface area contributed by atoms with Crippen molar-refractivity contribution >= 4 is 55.7 Å². The van der Waals surface area contributed by atoms with Gasteiger partial charge >= 0.3 is 11.9 Å². The zero-order valence-corrected chi connectivity index (χ0v) is 18.7. The van der Waals surface area contributed by atoms with Crippen LogP contribution in [0.2, 0.25) is 0 Å². The summed E-state index contributed by atoms with van der Waals surface area (Å²) >= 11 is 1.87. The summed E-state index contributed by atoms with van der Waals surface area (Å²) in [4.78, 5) is 24.3. The fraction of sp³-hybridized carbons (Fsp3) is 0.714. The number of carbonyl (C=O) groups excluding carboxylic acids is 2. The number of carbonyl (C=O) groups is 2. The van der Waals surface area contributed by atoms with Crippen molar-refractivity contribution in [1.82, 2.24) is 0 Å². The Labute approximate surface area is 177 Å². The molecule has 0 aromatic rings. The highest BCUT2D eigenvalue weighted by atomic mass is 32.2. The molecule has 1 rings (SSSR count). The number of hydrogen-bond donors (Lipinski definition) is 3. The van der Waals surface area contributed by atoms with Gasteiger partial charge in [-0.1, -0.05) is 0 Å². The highest BCUT2D eigenvalue weighted by Gasteiger charge is 2.55. The van der Waals surface area contributed by atoms with E-state index in [-0.39, 0.29) is 41.6 Å². The second-order valence-electron chi connectivity index (χ2n) is 5.79. The van der Waals surface area contributed by atoms with E-state index >= 15 is 0 Å². The van der Waals surface area contributed by atoms with Gasteiger partial charge in [-0.2, -0.15) is 28.6 Å². The first-order chi connectivity index (χ1) is 13.3. The van der Waals surface area contributed by atoms with Crippen LogP contribution in [0.3, 0.4) is 0 Å². The molecule has 1 atom stereocenters. The number of esters is 2. The molecule has 168 valence electrons. The lowest BCUT2D eigenvalue weighted by atomic mass is 10.1. The van der Waals surface area contributed by atoms with Gasteiger partial charge < -0.3 is 14.6 Å². The van der Waals surface area contributed by atoms with Crippen LogP contribution in [0.25, 0.3) is 0 Å². The van der Waals surface area contributed by atoms with Crippen LogP contribution in [-0.4, -0.2) is 84.0 Å². The lowest BCUT2D eigenvalue weighted by molar-refractivity contribution is -0.169. The average molecular weight is 495 g/mol. The Hall–Kier alpha value is -1.00. The van der Waals surface area contributed by atoms with Crippen LogP contribution in [0.1, 0.15) is 19.8 Å². The van der Waals surface area contributed by atoms with Gasteiger partial charge in [0.05, 0.1) is 23.0 Å². The van der Waals surface area contributed by atoms with E-state index in [1.165, 1.54) is 6.92 Å². The molecular formula is C14H22O11S4. The molecule has 0 fully saturated rings. The number of cyclic esters (lactones) is 1. The van der Waals surface area contributed by atoms with Gasteiger partial charge in [-0.3, -0.25) is 9.11 Å². The first-order valence-corrected chi connectivity index (χ1v) is 13.6. The van der Waals surface area contributed by atoms with Crippen LogP contribution in [0.4, 0.5) is 0 Å². The van der Waals surface area contributed by atoms with Gasteiger partial charge in [0.2, 0.25) is 5.76 Å². The van der Waals surface area contributed by atoms with E-state index in [0.717, 1.165) is 23.5 Å². The smallest absolute Gasteiger partial charge is 0.375 e. The maximum absolute atomic E-state index is 12.5. The summed E-state index contributed by atoms with van der Waals surface area (Å²) in [5.41, 5.74) is -1.96. The van der Waals surface area contributed by atoms with Crippen LogP contribution in [-0.2, 0) is 39.3 Å². The number of rotatable bonds is 13. The van der Waals surface area contributed by atoms with Crippen molar-refractivity contribution < 1.29 is 50.1 Å². The van der Waals surface area contributed by atoms with Gasteiger partial charge in [-0.15, -0.1) is 11.8 Å². The molecule has 0 radical (unpaired) electrons. The normalized spacial score (nSPS) is 20.0. The van der Waals surface area contributed by atoms with E-state index < -0.39 is 55.0 Å². The Balaban J connectivity index is 2.92. The summed E-state index contributed by atoms with van der Waals surface area (Å²) in [5.74, 6) is -3.85. The molecule has 15 heteroatoms. The van der Waals surface area contributed by atoms with Gasteiger partial charge in [-0.05, 0) is 31.3 Å². The molecule has 0 amide bonds. The van der Waals surface area contributed by atoms with Gasteiger partial charge in [0.15, 0.2) is 0 Å². The fourth-order valence-electron chi connectivity index (χ4n) is 2.23. The van der Waals surface area contributed by atoms with Crippen LogP contribution in [0, 0.1) is 0 Å². The maximum atomic E-state index is 12.5. The van der Waals surface area contributed by atoms with Crippen molar-refractivity contribution in [2.45, 2.75) is 25.4 Å². The summed E-state index contributed by atoms with van der Waals surface area (Å²) in [6.07, 6.45) is 0.0533. The molecule has 0 saturated heterocycles. The van der Waals surface area contributed by atoms with Crippen molar-refractivity contribution in [1.29, 1.82) is 0 Å². The summed E-state index contributed by atoms with van der Waals surface area (Å²) in [5, 5.41) is 10.1. The minimum absolute atomic E-state index is 0.0190. The van der Waals surface area contributed by atoms with Crippen molar-refractivity contribution in [2.75, 3.05) is 35.4 Å². The zero-order chi connectivity index (χ0) is 22.3. The zero-order valence-electron chi connectivity index (χ0n) is 15.4. The largest absolute Gasteiger partial charge is 0.501 e. The molecule has 1 unspecified atom stereocenters. The summed E-state index contributed by atoms with van der Waals surface area (Å²) in [6, 6.07) is 0. The van der Waals surface area contributed by atoms with E-state index in [1.54, 1.807) is 0 Å². The molecule has 1 aliphatic heterocycles. The minimum Gasteiger partial charge on any atom is -0.501 e. The van der Waals surface area contributed by atoms with E-state index in [0.29, 0.717) is 0 Å². The Bertz CT molecular complexity index is 847. The monoisotopic (exact) mass is 494 g/mol. The predicted octanol–water partition coefficient (Wildman–Crippen LogP) is 0.637. The summed E-state index contributed by atoms with van der Waals surface area (Å²) in [7, 11) is -8.32. The van der Waals surface area contributed by atoms with Crippen molar-refractivity contribution in [3.8, 4) is 0 Å². The Morgan fingerprint density at radius 1 is 1.10 bits per heavy atom. The number of aliphatic hydroxyl groups excluding tert-OH is 1. The number of hydrogen-bond acceptors (Lipinski definition) is 11. The first kappa shape index (κ1) is 26.0. The first-order valence-electron chi connectivity index (χ1n) is 8.27. The molecule has 1 heterocycles. The second-order valence-corrected chi connectivity index (χ2v) is 11.1. The van der Waals surface area contributed by atoms with Gasteiger partial charge in [0.1, 0.15) is 0 Å². The third-order valence-corrected chi connectivity index (χ3v) is 7.54. The Kier molecular flexibility index (Phi) is 9.75. The molecule has 0 aromatic heterocycles. The van der Waals surface area contributed by atoms with Crippen molar-refractivity contribution in [3.63, 3.8) is 0 Å². The summed E-state index contributed by atoms with van der Waals surface area (Å²) in [6.45, 7) is 1.50. The molecule has 0 bridgehead atoms. The standard InChI is InChI=1S/C14H22O11S4/c1-2-24-13(17)14(9-26-5-3-7-28(18,19)20)11(10(15)12(16)25-14)27-6-4-8-29(21,22)23/h15H,2-9H2,1H3,(H,18,19,20)(H,21,22,23). The average Bonchev–Trinajstić information content (AvgIpc) is 2.81. The van der Waals surface area contributed by atoms with Crippen LogP contribution >= 0.6 is 23.5 Å². The molecule has 0 aromatic carbocycles. The molecule has 3 N–H and O–H groups in total. The highest BCUT2D eigenvalue weighted by Crippen LogP contribution is 2.43. The minimum atomic E-state index is -4.19. The topological polar surface area (TPSA) is 182 Å². The van der Waals surface area contributed by atoms with Gasteiger partial charge in [-0.25, -0.2) is 9.59 Å². The fourth-order valence-corrected chi connectivity index (χ4v) is 5.95. The molecule has 29 heavy (non-hydrogen) atoms. The van der Waals surface area contributed by atoms with E-state index in [9.17, 15) is 31.5 Å².